The van der Waals surface area contributed by atoms with Gasteiger partial charge in [0.15, 0.2) is 0 Å². The molecule has 7 heteroatoms. The molecule has 1 aliphatic heterocycles. The second-order valence-electron chi connectivity index (χ2n) is 8.71. The van der Waals surface area contributed by atoms with E-state index in [1.807, 2.05) is 18.2 Å². The van der Waals surface area contributed by atoms with Gasteiger partial charge in [-0.25, -0.2) is 4.79 Å². The Labute approximate surface area is 195 Å². The van der Waals surface area contributed by atoms with Crippen molar-refractivity contribution < 1.29 is 14.3 Å². The fraction of sp³-hybridized carbons (Fsp3) is 0.440. The number of amides is 2. The number of likely N-dealkylation sites (tertiary alicyclic amines) is 1. The Morgan fingerprint density at radius 1 is 1.06 bits per heavy atom. The number of rotatable bonds is 8. The van der Waals surface area contributed by atoms with Crippen molar-refractivity contribution in [2.24, 2.45) is 11.8 Å². The SMILES string of the molecule is CC(C)CN1CCC(CNC(=O)[C@H](OC(=O)Nc2ccc(Cl)cc2)c2ccccc2)CC1. The maximum atomic E-state index is 13.0. The molecule has 32 heavy (non-hydrogen) atoms. The quantitative estimate of drug-likeness (QED) is 0.577. The van der Waals surface area contributed by atoms with Crippen LogP contribution >= 0.6 is 11.6 Å². The number of anilines is 1. The number of halogens is 1. The Bertz CT molecular complexity index is 866. The highest BCUT2D eigenvalue weighted by atomic mass is 35.5. The second-order valence-corrected chi connectivity index (χ2v) is 9.15. The van der Waals surface area contributed by atoms with Crippen molar-refractivity contribution in [1.82, 2.24) is 10.2 Å². The third kappa shape index (κ3) is 7.53. The summed E-state index contributed by atoms with van der Waals surface area (Å²) in [4.78, 5) is 27.9. The minimum absolute atomic E-state index is 0.313. The molecule has 0 radical (unpaired) electrons. The maximum Gasteiger partial charge on any atom is 0.412 e. The summed E-state index contributed by atoms with van der Waals surface area (Å²) in [6, 6.07) is 15.8. The number of carbonyl (C=O) groups is 2. The minimum Gasteiger partial charge on any atom is -0.431 e. The van der Waals surface area contributed by atoms with Gasteiger partial charge in [-0.2, -0.15) is 0 Å². The summed E-state index contributed by atoms with van der Waals surface area (Å²) < 4.78 is 5.53. The third-order valence-corrected chi connectivity index (χ3v) is 5.80. The van der Waals surface area contributed by atoms with Gasteiger partial charge in [-0.3, -0.25) is 10.1 Å². The average molecular weight is 458 g/mol. The molecule has 0 bridgehead atoms. The van der Waals surface area contributed by atoms with Gasteiger partial charge in [-0.05, 0) is 62.0 Å². The number of nitrogens with zero attached hydrogens (tertiary/aromatic N) is 1. The van der Waals surface area contributed by atoms with Gasteiger partial charge >= 0.3 is 6.09 Å². The smallest absolute Gasteiger partial charge is 0.412 e. The van der Waals surface area contributed by atoms with Gasteiger partial charge in [-0.15, -0.1) is 0 Å². The molecule has 2 N–H and O–H groups in total. The first-order valence-corrected chi connectivity index (χ1v) is 11.6. The number of hydrogen-bond acceptors (Lipinski definition) is 4. The second kappa shape index (κ2) is 11.9. The van der Waals surface area contributed by atoms with Gasteiger partial charge in [0.25, 0.3) is 5.91 Å². The lowest BCUT2D eigenvalue weighted by molar-refractivity contribution is -0.129. The lowest BCUT2D eigenvalue weighted by Crippen LogP contribution is -2.41. The third-order valence-electron chi connectivity index (χ3n) is 5.55. The monoisotopic (exact) mass is 457 g/mol. The maximum absolute atomic E-state index is 13.0. The van der Waals surface area contributed by atoms with Crippen molar-refractivity contribution in [1.29, 1.82) is 0 Å². The first-order chi connectivity index (χ1) is 15.4. The summed E-state index contributed by atoms with van der Waals surface area (Å²) in [7, 11) is 0. The Morgan fingerprint density at radius 2 is 1.72 bits per heavy atom. The largest absolute Gasteiger partial charge is 0.431 e. The van der Waals surface area contributed by atoms with Gasteiger partial charge < -0.3 is 15.0 Å². The van der Waals surface area contributed by atoms with Crippen LogP contribution in [0, 0.1) is 11.8 Å². The number of hydrogen-bond donors (Lipinski definition) is 2. The molecule has 3 rings (SSSR count). The van der Waals surface area contributed by atoms with Crippen LogP contribution in [0.1, 0.15) is 38.4 Å². The molecule has 2 aromatic rings. The van der Waals surface area contributed by atoms with Crippen LogP contribution in [0.25, 0.3) is 0 Å². The van der Waals surface area contributed by atoms with Crippen LogP contribution in [0.15, 0.2) is 54.6 Å². The molecule has 1 atom stereocenters. The first-order valence-electron chi connectivity index (χ1n) is 11.2. The fourth-order valence-electron chi connectivity index (χ4n) is 3.92. The molecule has 6 nitrogen and oxygen atoms in total. The molecule has 1 aliphatic rings. The average Bonchev–Trinajstić information content (AvgIpc) is 2.78. The van der Waals surface area contributed by atoms with Gasteiger partial charge in [-0.1, -0.05) is 55.8 Å². The standard InChI is InChI=1S/C25H32ClN3O3/c1-18(2)17-29-14-12-19(13-15-29)16-27-24(30)23(20-6-4-3-5-7-20)32-25(31)28-22-10-8-21(26)9-11-22/h3-11,18-19,23H,12-17H2,1-2H3,(H,27,30)(H,28,31)/t23-/m1/s1. The lowest BCUT2D eigenvalue weighted by atomic mass is 9.96. The fourth-order valence-corrected chi connectivity index (χ4v) is 4.04. The molecule has 2 amide bonds. The molecule has 0 aromatic heterocycles. The van der Waals surface area contributed by atoms with E-state index in [4.69, 9.17) is 16.3 Å². The Hall–Kier alpha value is -2.57. The van der Waals surface area contributed by atoms with Crippen LogP contribution in [-0.4, -0.2) is 43.1 Å². The molecule has 1 heterocycles. The summed E-state index contributed by atoms with van der Waals surface area (Å²) in [6.45, 7) is 8.28. The van der Waals surface area contributed by atoms with Gasteiger partial charge in [0.05, 0.1) is 0 Å². The van der Waals surface area contributed by atoms with Gasteiger partial charge in [0, 0.05) is 29.4 Å². The van der Waals surface area contributed by atoms with E-state index in [-0.39, 0.29) is 5.91 Å². The molecular weight excluding hydrogens is 426 g/mol. The first kappa shape index (κ1) is 24.1. The van der Waals surface area contributed by atoms with Crippen LogP contribution in [0.3, 0.4) is 0 Å². The summed E-state index contributed by atoms with van der Waals surface area (Å²) >= 11 is 5.88. The van der Waals surface area contributed by atoms with Crippen molar-refractivity contribution in [3.63, 3.8) is 0 Å². The van der Waals surface area contributed by atoms with Crippen molar-refractivity contribution in [2.75, 3.05) is 31.5 Å². The van der Waals surface area contributed by atoms with Crippen molar-refractivity contribution >= 4 is 29.3 Å². The van der Waals surface area contributed by atoms with E-state index in [2.05, 4.69) is 29.4 Å². The van der Waals surface area contributed by atoms with E-state index in [9.17, 15) is 9.59 Å². The molecular formula is C25H32ClN3O3. The summed E-state index contributed by atoms with van der Waals surface area (Å²) in [5, 5.41) is 6.22. The zero-order valence-corrected chi connectivity index (χ0v) is 19.5. The van der Waals surface area contributed by atoms with E-state index in [1.54, 1.807) is 36.4 Å². The highest BCUT2D eigenvalue weighted by Gasteiger charge is 2.27. The van der Waals surface area contributed by atoms with Gasteiger partial charge in [0.2, 0.25) is 6.10 Å². The number of nitrogens with one attached hydrogen (secondary N) is 2. The van der Waals surface area contributed by atoms with Crippen LogP contribution in [0.4, 0.5) is 10.5 Å². The van der Waals surface area contributed by atoms with Gasteiger partial charge in [0.1, 0.15) is 0 Å². The Balaban J connectivity index is 1.56. The van der Waals surface area contributed by atoms with Crippen molar-refractivity contribution in [2.45, 2.75) is 32.8 Å². The minimum atomic E-state index is -1.02. The predicted molar refractivity (Wildman–Crippen MR) is 128 cm³/mol. The van der Waals surface area contributed by atoms with E-state index < -0.39 is 12.2 Å². The van der Waals surface area contributed by atoms with Crippen molar-refractivity contribution in [3.8, 4) is 0 Å². The number of ether oxygens (including phenoxy) is 1. The van der Waals surface area contributed by atoms with Crippen LogP contribution < -0.4 is 10.6 Å². The van der Waals surface area contributed by atoms with E-state index in [0.717, 1.165) is 32.5 Å². The van der Waals surface area contributed by atoms with E-state index in [1.165, 1.54) is 0 Å². The molecule has 0 aliphatic carbocycles. The van der Waals surface area contributed by atoms with Crippen molar-refractivity contribution in [3.05, 3.63) is 65.2 Å². The number of carbonyl (C=O) groups excluding carboxylic acids is 2. The summed E-state index contributed by atoms with van der Waals surface area (Å²) in [5.74, 6) is 0.780. The Kier molecular flexibility index (Phi) is 8.94. The highest BCUT2D eigenvalue weighted by Crippen LogP contribution is 2.21. The highest BCUT2D eigenvalue weighted by molar-refractivity contribution is 6.30. The van der Waals surface area contributed by atoms with E-state index in [0.29, 0.717) is 34.7 Å². The Morgan fingerprint density at radius 3 is 2.34 bits per heavy atom. The predicted octanol–water partition coefficient (Wildman–Crippen LogP) is 5.11. The van der Waals surface area contributed by atoms with Crippen LogP contribution in [0.2, 0.25) is 5.02 Å². The molecule has 0 unspecified atom stereocenters. The number of benzene rings is 2. The number of piperidine rings is 1. The molecule has 0 spiro atoms. The topological polar surface area (TPSA) is 70.7 Å². The molecule has 0 saturated carbocycles. The molecule has 172 valence electrons. The molecule has 1 saturated heterocycles. The van der Waals surface area contributed by atoms with Crippen LogP contribution in [0.5, 0.6) is 0 Å². The summed E-state index contributed by atoms with van der Waals surface area (Å²) in [5.41, 5.74) is 1.17. The lowest BCUT2D eigenvalue weighted by Gasteiger charge is -2.33. The molecule has 2 aromatic carbocycles. The zero-order valence-electron chi connectivity index (χ0n) is 18.7. The van der Waals surface area contributed by atoms with E-state index >= 15 is 0 Å². The normalized spacial score (nSPS) is 15.9. The van der Waals surface area contributed by atoms with Crippen LogP contribution in [-0.2, 0) is 9.53 Å². The summed E-state index contributed by atoms with van der Waals surface area (Å²) in [6.07, 6.45) is 0.393. The molecule has 1 fully saturated rings. The zero-order chi connectivity index (χ0) is 22.9.